The van der Waals surface area contributed by atoms with Crippen LogP contribution in [0, 0.1) is 6.92 Å². The van der Waals surface area contributed by atoms with E-state index in [2.05, 4.69) is 85.8 Å². The summed E-state index contributed by atoms with van der Waals surface area (Å²) in [5, 5.41) is 0. The van der Waals surface area contributed by atoms with Gasteiger partial charge in [-0.25, -0.2) is 4.79 Å². The van der Waals surface area contributed by atoms with Gasteiger partial charge in [-0.15, -0.1) is 0 Å². The highest BCUT2D eigenvalue weighted by molar-refractivity contribution is 5.96. The normalized spacial score (nSPS) is 16.0. The SMILES string of the molecule is CCCCN(CCCC)c1ccc(C2(c3ccc(N(CC)CC)cc3OCC)OC(=O)c3ccncc32)c(C)c1. The minimum Gasteiger partial charge on any atom is -0.493 e. The Bertz CT molecular complexity index is 1300. The van der Waals surface area contributed by atoms with Crippen LogP contribution >= 0.6 is 0 Å². The number of benzene rings is 2. The zero-order valence-corrected chi connectivity index (χ0v) is 25.1. The van der Waals surface area contributed by atoms with Gasteiger partial charge in [-0.2, -0.15) is 0 Å². The van der Waals surface area contributed by atoms with Crippen LogP contribution < -0.4 is 14.5 Å². The van der Waals surface area contributed by atoms with Gasteiger partial charge in [-0.05, 0) is 76.4 Å². The quantitative estimate of drug-likeness (QED) is 0.196. The molecular formula is C34H45N3O3. The Balaban J connectivity index is 1.92. The summed E-state index contributed by atoms with van der Waals surface area (Å²) in [6, 6.07) is 14.6. The van der Waals surface area contributed by atoms with Crippen LogP contribution in [-0.2, 0) is 10.3 Å². The van der Waals surface area contributed by atoms with E-state index in [-0.39, 0.29) is 5.97 Å². The van der Waals surface area contributed by atoms with Gasteiger partial charge >= 0.3 is 5.97 Å². The van der Waals surface area contributed by atoms with Crippen LogP contribution in [0.1, 0.15) is 92.9 Å². The number of anilines is 2. The van der Waals surface area contributed by atoms with E-state index in [0.29, 0.717) is 17.9 Å². The van der Waals surface area contributed by atoms with Gasteiger partial charge in [0.15, 0.2) is 5.60 Å². The highest BCUT2D eigenvalue weighted by atomic mass is 16.6. The Labute approximate surface area is 240 Å². The fourth-order valence-electron chi connectivity index (χ4n) is 5.82. The Morgan fingerprint density at radius 3 is 2.08 bits per heavy atom. The number of esters is 1. The van der Waals surface area contributed by atoms with Crippen LogP contribution in [-0.4, -0.2) is 43.7 Å². The van der Waals surface area contributed by atoms with Crippen LogP contribution in [0.5, 0.6) is 5.75 Å². The number of hydrogen-bond donors (Lipinski definition) is 0. The summed E-state index contributed by atoms with van der Waals surface area (Å²) in [5.41, 5.74) is 5.23. The second-order valence-corrected chi connectivity index (χ2v) is 10.5. The molecule has 6 nitrogen and oxygen atoms in total. The molecular weight excluding hydrogens is 498 g/mol. The number of carbonyl (C=O) groups is 1. The number of aryl methyl sites for hydroxylation is 1. The molecule has 4 rings (SSSR count). The highest BCUT2D eigenvalue weighted by Gasteiger charge is 2.51. The van der Waals surface area contributed by atoms with Crippen molar-refractivity contribution in [2.45, 2.75) is 72.8 Å². The van der Waals surface area contributed by atoms with Crippen molar-refractivity contribution in [1.29, 1.82) is 0 Å². The Kier molecular flexibility index (Phi) is 9.72. The molecule has 2 heterocycles. The van der Waals surface area contributed by atoms with Crippen LogP contribution in [0.3, 0.4) is 0 Å². The van der Waals surface area contributed by atoms with E-state index in [1.165, 1.54) is 5.69 Å². The van der Waals surface area contributed by atoms with E-state index in [9.17, 15) is 4.79 Å². The number of carbonyl (C=O) groups excluding carboxylic acids is 1. The van der Waals surface area contributed by atoms with Crippen molar-refractivity contribution in [1.82, 2.24) is 4.98 Å². The zero-order chi connectivity index (χ0) is 28.7. The molecule has 1 aliphatic heterocycles. The first-order valence-corrected chi connectivity index (χ1v) is 15.0. The molecule has 0 spiro atoms. The monoisotopic (exact) mass is 543 g/mol. The Morgan fingerprint density at radius 2 is 1.48 bits per heavy atom. The van der Waals surface area contributed by atoms with E-state index >= 15 is 0 Å². The van der Waals surface area contributed by atoms with Crippen molar-refractivity contribution >= 4 is 17.3 Å². The molecule has 6 heteroatoms. The van der Waals surface area contributed by atoms with Crippen molar-refractivity contribution in [3.63, 3.8) is 0 Å². The predicted octanol–water partition coefficient (Wildman–Crippen LogP) is 7.50. The number of aromatic nitrogens is 1. The molecule has 0 N–H and O–H groups in total. The molecule has 214 valence electrons. The second kappa shape index (κ2) is 13.2. The smallest absolute Gasteiger partial charge is 0.340 e. The van der Waals surface area contributed by atoms with Crippen LogP contribution in [0.25, 0.3) is 0 Å². The number of hydrogen-bond acceptors (Lipinski definition) is 6. The first-order valence-electron chi connectivity index (χ1n) is 15.0. The number of rotatable bonds is 14. The van der Waals surface area contributed by atoms with Gasteiger partial charge in [0, 0.05) is 72.7 Å². The first kappa shape index (κ1) is 29.4. The minimum atomic E-state index is -1.16. The summed E-state index contributed by atoms with van der Waals surface area (Å²) in [6.07, 6.45) is 8.05. The third-order valence-electron chi connectivity index (χ3n) is 7.96. The molecule has 0 radical (unpaired) electrons. The van der Waals surface area contributed by atoms with Crippen LogP contribution in [0.15, 0.2) is 54.9 Å². The number of unbranched alkanes of at least 4 members (excludes halogenated alkanes) is 2. The molecule has 1 aliphatic rings. The molecule has 0 saturated heterocycles. The number of ether oxygens (including phenoxy) is 2. The molecule has 3 aromatic rings. The van der Waals surface area contributed by atoms with Crippen molar-refractivity contribution in [3.8, 4) is 5.75 Å². The predicted molar refractivity (Wildman–Crippen MR) is 164 cm³/mol. The van der Waals surface area contributed by atoms with Crippen molar-refractivity contribution in [3.05, 3.63) is 82.7 Å². The van der Waals surface area contributed by atoms with E-state index in [1.807, 2.05) is 6.92 Å². The minimum absolute atomic E-state index is 0.344. The summed E-state index contributed by atoms with van der Waals surface area (Å²) in [6.45, 7) is 17.2. The third-order valence-corrected chi connectivity index (χ3v) is 7.96. The van der Waals surface area contributed by atoms with Gasteiger partial charge < -0.3 is 19.3 Å². The summed E-state index contributed by atoms with van der Waals surface area (Å²) >= 11 is 0. The van der Waals surface area contributed by atoms with Gasteiger partial charge in [0.1, 0.15) is 5.75 Å². The van der Waals surface area contributed by atoms with Crippen LogP contribution in [0.2, 0.25) is 0 Å². The molecule has 1 unspecified atom stereocenters. The molecule has 1 aromatic heterocycles. The lowest BCUT2D eigenvalue weighted by molar-refractivity contribution is 0.0242. The van der Waals surface area contributed by atoms with E-state index in [4.69, 9.17) is 9.47 Å². The molecule has 0 aliphatic carbocycles. The lowest BCUT2D eigenvalue weighted by atomic mass is 9.78. The lowest BCUT2D eigenvalue weighted by Gasteiger charge is -2.34. The first-order chi connectivity index (χ1) is 19.4. The van der Waals surface area contributed by atoms with Crippen LogP contribution in [0.4, 0.5) is 11.4 Å². The molecule has 1 atom stereocenters. The largest absolute Gasteiger partial charge is 0.493 e. The maximum absolute atomic E-state index is 13.4. The number of pyridine rings is 1. The van der Waals surface area contributed by atoms with Gasteiger partial charge in [0.05, 0.1) is 12.2 Å². The van der Waals surface area contributed by atoms with E-state index < -0.39 is 5.60 Å². The summed E-state index contributed by atoms with van der Waals surface area (Å²) in [7, 11) is 0. The number of nitrogens with zero attached hydrogens (tertiary/aromatic N) is 3. The van der Waals surface area contributed by atoms with E-state index in [1.54, 1.807) is 18.5 Å². The molecule has 0 saturated carbocycles. The second-order valence-electron chi connectivity index (χ2n) is 10.5. The van der Waals surface area contributed by atoms with Gasteiger partial charge in [-0.1, -0.05) is 32.8 Å². The lowest BCUT2D eigenvalue weighted by Crippen LogP contribution is -2.32. The number of fused-ring (bicyclic) bond motifs is 1. The maximum Gasteiger partial charge on any atom is 0.340 e. The van der Waals surface area contributed by atoms with Gasteiger partial charge in [-0.3, -0.25) is 4.98 Å². The fourth-order valence-corrected chi connectivity index (χ4v) is 5.82. The molecule has 0 amide bonds. The van der Waals surface area contributed by atoms with Crippen molar-refractivity contribution in [2.24, 2.45) is 0 Å². The topological polar surface area (TPSA) is 54.9 Å². The Hall–Kier alpha value is -3.54. The van der Waals surface area contributed by atoms with Gasteiger partial charge in [0.25, 0.3) is 0 Å². The summed E-state index contributed by atoms with van der Waals surface area (Å²) in [5.74, 6) is 0.371. The molecule has 0 fully saturated rings. The maximum atomic E-state index is 13.4. The van der Waals surface area contributed by atoms with Crippen molar-refractivity contribution in [2.75, 3.05) is 42.6 Å². The van der Waals surface area contributed by atoms with E-state index in [0.717, 1.165) is 79.8 Å². The average Bonchev–Trinajstić information content (AvgIpc) is 3.27. The molecule has 40 heavy (non-hydrogen) atoms. The summed E-state index contributed by atoms with van der Waals surface area (Å²) in [4.78, 5) is 22.6. The highest BCUT2D eigenvalue weighted by Crippen LogP contribution is 2.51. The average molecular weight is 544 g/mol. The van der Waals surface area contributed by atoms with Gasteiger partial charge in [0.2, 0.25) is 0 Å². The molecule has 2 aromatic carbocycles. The third kappa shape index (κ3) is 5.54. The Morgan fingerprint density at radius 1 is 0.825 bits per heavy atom. The number of cyclic esters (lactones) is 1. The zero-order valence-electron chi connectivity index (χ0n) is 25.1. The molecule has 0 bridgehead atoms. The summed E-state index contributed by atoms with van der Waals surface area (Å²) < 4.78 is 12.7. The van der Waals surface area contributed by atoms with Crippen molar-refractivity contribution < 1.29 is 14.3 Å². The standard InChI is InChI=1S/C34H45N3O3/c1-7-12-20-37(21-13-8-2)26-14-16-29(25(6)22-26)34(31-24-35-19-18-28(31)33(38)40-34)30-17-15-27(36(9-3)10-4)23-32(30)39-11-5/h14-19,22-24H,7-13,20-21H2,1-6H3. The fraction of sp³-hybridized carbons (Fsp3) is 0.471.